The highest BCUT2D eigenvalue weighted by Crippen LogP contribution is 2.30. The lowest BCUT2D eigenvalue weighted by atomic mass is 10.1. The fourth-order valence-electron chi connectivity index (χ4n) is 2.06. The van der Waals surface area contributed by atoms with E-state index in [2.05, 4.69) is 31.1 Å². The van der Waals surface area contributed by atoms with E-state index in [1.807, 2.05) is 40.9 Å². The monoisotopic (exact) mass is 255 g/mol. The standard InChI is InChI=1S/C15H17N3O/c1-15(2,3)17-14-13(11-7-6-10-19-11)16-12-8-4-5-9-18(12)14/h4-10,17H,1-3H3. The second kappa shape index (κ2) is 4.16. The number of imidazole rings is 1. The normalized spacial score (nSPS) is 11.9. The molecule has 0 fully saturated rings. The van der Waals surface area contributed by atoms with Gasteiger partial charge in [0.25, 0.3) is 0 Å². The maximum atomic E-state index is 5.49. The molecule has 19 heavy (non-hydrogen) atoms. The van der Waals surface area contributed by atoms with Gasteiger partial charge in [-0.05, 0) is 45.0 Å². The molecule has 1 N–H and O–H groups in total. The predicted molar refractivity (Wildman–Crippen MR) is 76.3 cm³/mol. The Balaban J connectivity index is 2.23. The molecule has 0 aromatic carbocycles. The Morgan fingerprint density at radius 2 is 2.00 bits per heavy atom. The average Bonchev–Trinajstić information content (AvgIpc) is 2.95. The molecule has 3 aromatic rings. The maximum Gasteiger partial charge on any atom is 0.156 e. The largest absolute Gasteiger partial charge is 0.463 e. The summed E-state index contributed by atoms with van der Waals surface area (Å²) in [5.74, 6) is 1.73. The molecule has 0 unspecified atom stereocenters. The van der Waals surface area contributed by atoms with Crippen LogP contribution in [0.3, 0.4) is 0 Å². The zero-order chi connectivity index (χ0) is 13.5. The van der Waals surface area contributed by atoms with Crippen molar-refractivity contribution in [2.75, 3.05) is 5.32 Å². The zero-order valence-corrected chi connectivity index (χ0v) is 11.3. The van der Waals surface area contributed by atoms with Gasteiger partial charge in [0.15, 0.2) is 5.76 Å². The van der Waals surface area contributed by atoms with Crippen molar-refractivity contribution in [2.24, 2.45) is 0 Å². The highest BCUT2D eigenvalue weighted by molar-refractivity contribution is 5.73. The Bertz CT molecular complexity index is 690. The van der Waals surface area contributed by atoms with Crippen molar-refractivity contribution in [3.8, 4) is 11.5 Å². The number of furan rings is 1. The fourth-order valence-corrected chi connectivity index (χ4v) is 2.06. The molecule has 0 radical (unpaired) electrons. The highest BCUT2D eigenvalue weighted by atomic mass is 16.3. The molecule has 98 valence electrons. The lowest BCUT2D eigenvalue weighted by Gasteiger charge is -2.22. The summed E-state index contributed by atoms with van der Waals surface area (Å²) in [5, 5.41) is 3.50. The molecule has 3 aromatic heterocycles. The quantitative estimate of drug-likeness (QED) is 0.757. The van der Waals surface area contributed by atoms with E-state index in [1.165, 1.54) is 0 Å². The van der Waals surface area contributed by atoms with E-state index in [4.69, 9.17) is 4.42 Å². The van der Waals surface area contributed by atoms with Gasteiger partial charge in [-0.1, -0.05) is 6.07 Å². The van der Waals surface area contributed by atoms with Gasteiger partial charge in [-0.3, -0.25) is 4.40 Å². The Morgan fingerprint density at radius 3 is 2.68 bits per heavy atom. The van der Waals surface area contributed by atoms with Crippen LogP contribution < -0.4 is 5.32 Å². The van der Waals surface area contributed by atoms with E-state index in [9.17, 15) is 0 Å². The molecule has 0 bridgehead atoms. The molecule has 0 amide bonds. The smallest absolute Gasteiger partial charge is 0.156 e. The SMILES string of the molecule is CC(C)(C)Nc1c(-c2ccco2)nc2ccccn12. The van der Waals surface area contributed by atoms with Crippen LogP contribution in [-0.2, 0) is 0 Å². The second-order valence-electron chi connectivity index (χ2n) is 5.59. The summed E-state index contributed by atoms with van der Waals surface area (Å²) < 4.78 is 7.53. The minimum absolute atomic E-state index is 0.0485. The van der Waals surface area contributed by atoms with Crippen LogP contribution in [0.15, 0.2) is 47.2 Å². The average molecular weight is 255 g/mol. The van der Waals surface area contributed by atoms with Crippen LogP contribution in [0.5, 0.6) is 0 Å². The Kier molecular flexibility index (Phi) is 2.59. The molecule has 4 heteroatoms. The molecule has 4 nitrogen and oxygen atoms in total. The van der Waals surface area contributed by atoms with Gasteiger partial charge < -0.3 is 9.73 Å². The molecule has 0 saturated carbocycles. The number of pyridine rings is 1. The number of aromatic nitrogens is 2. The van der Waals surface area contributed by atoms with Crippen molar-refractivity contribution in [1.82, 2.24) is 9.38 Å². The Hall–Kier alpha value is -2.23. The summed E-state index contributed by atoms with van der Waals surface area (Å²) in [7, 11) is 0. The lowest BCUT2D eigenvalue weighted by molar-refractivity contribution is 0.579. The van der Waals surface area contributed by atoms with Crippen molar-refractivity contribution in [3.05, 3.63) is 42.8 Å². The summed E-state index contributed by atoms with van der Waals surface area (Å²) in [5.41, 5.74) is 1.69. The fraction of sp³-hybridized carbons (Fsp3) is 0.267. The Morgan fingerprint density at radius 1 is 1.16 bits per heavy atom. The molecule has 0 aliphatic heterocycles. The van der Waals surface area contributed by atoms with Crippen LogP contribution in [-0.4, -0.2) is 14.9 Å². The first-order chi connectivity index (χ1) is 9.04. The molecule has 0 spiro atoms. The van der Waals surface area contributed by atoms with Crippen LogP contribution in [0.4, 0.5) is 5.82 Å². The molecular weight excluding hydrogens is 238 g/mol. The maximum absolute atomic E-state index is 5.49. The minimum Gasteiger partial charge on any atom is -0.463 e. The summed E-state index contributed by atoms with van der Waals surface area (Å²) in [6.45, 7) is 6.38. The number of nitrogens with zero attached hydrogens (tertiary/aromatic N) is 2. The third kappa shape index (κ3) is 2.21. The van der Waals surface area contributed by atoms with Gasteiger partial charge >= 0.3 is 0 Å². The Labute approximate surface area is 112 Å². The number of anilines is 1. The van der Waals surface area contributed by atoms with Crippen LogP contribution >= 0.6 is 0 Å². The van der Waals surface area contributed by atoms with Gasteiger partial charge in [-0.2, -0.15) is 0 Å². The minimum atomic E-state index is -0.0485. The first-order valence-corrected chi connectivity index (χ1v) is 6.34. The molecule has 3 rings (SSSR count). The van der Waals surface area contributed by atoms with Crippen LogP contribution in [0.1, 0.15) is 20.8 Å². The molecule has 3 heterocycles. The number of hydrogen-bond acceptors (Lipinski definition) is 3. The van der Waals surface area contributed by atoms with Gasteiger partial charge in [0.2, 0.25) is 0 Å². The van der Waals surface area contributed by atoms with Crippen LogP contribution in [0, 0.1) is 0 Å². The van der Waals surface area contributed by atoms with E-state index in [-0.39, 0.29) is 5.54 Å². The van der Waals surface area contributed by atoms with E-state index in [0.29, 0.717) is 0 Å². The molecule has 0 aliphatic rings. The van der Waals surface area contributed by atoms with Crippen molar-refractivity contribution >= 4 is 11.5 Å². The van der Waals surface area contributed by atoms with Crippen LogP contribution in [0.25, 0.3) is 17.1 Å². The molecular formula is C15H17N3O. The van der Waals surface area contributed by atoms with E-state index < -0.39 is 0 Å². The predicted octanol–water partition coefficient (Wildman–Crippen LogP) is 3.80. The number of nitrogens with one attached hydrogen (secondary N) is 1. The van der Waals surface area contributed by atoms with Crippen molar-refractivity contribution in [2.45, 2.75) is 26.3 Å². The number of hydrogen-bond donors (Lipinski definition) is 1. The van der Waals surface area contributed by atoms with Crippen molar-refractivity contribution < 1.29 is 4.42 Å². The van der Waals surface area contributed by atoms with Crippen molar-refractivity contribution in [1.29, 1.82) is 0 Å². The van der Waals surface area contributed by atoms with E-state index in [1.54, 1.807) is 6.26 Å². The summed E-state index contributed by atoms with van der Waals surface area (Å²) in [4.78, 5) is 4.65. The number of rotatable bonds is 2. The first-order valence-electron chi connectivity index (χ1n) is 6.34. The summed E-state index contributed by atoms with van der Waals surface area (Å²) in [6.07, 6.45) is 3.67. The van der Waals surface area contributed by atoms with E-state index in [0.717, 1.165) is 22.9 Å². The van der Waals surface area contributed by atoms with Gasteiger partial charge in [-0.15, -0.1) is 0 Å². The number of fused-ring (bicyclic) bond motifs is 1. The highest BCUT2D eigenvalue weighted by Gasteiger charge is 2.20. The third-order valence-corrected chi connectivity index (χ3v) is 2.78. The van der Waals surface area contributed by atoms with E-state index >= 15 is 0 Å². The topological polar surface area (TPSA) is 42.5 Å². The van der Waals surface area contributed by atoms with Gasteiger partial charge in [0.1, 0.15) is 17.2 Å². The third-order valence-electron chi connectivity index (χ3n) is 2.78. The zero-order valence-electron chi connectivity index (χ0n) is 11.3. The molecule has 0 aliphatic carbocycles. The molecule has 0 saturated heterocycles. The van der Waals surface area contributed by atoms with Gasteiger partial charge in [0.05, 0.1) is 6.26 Å². The summed E-state index contributed by atoms with van der Waals surface area (Å²) >= 11 is 0. The van der Waals surface area contributed by atoms with Gasteiger partial charge in [-0.25, -0.2) is 4.98 Å². The molecule has 0 atom stereocenters. The van der Waals surface area contributed by atoms with Crippen LogP contribution in [0.2, 0.25) is 0 Å². The summed E-state index contributed by atoms with van der Waals surface area (Å²) in [6, 6.07) is 9.76. The lowest BCUT2D eigenvalue weighted by Crippen LogP contribution is -2.27. The first kappa shape index (κ1) is 11.8. The second-order valence-corrected chi connectivity index (χ2v) is 5.59. The van der Waals surface area contributed by atoms with Gasteiger partial charge in [0, 0.05) is 11.7 Å². The van der Waals surface area contributed by atoms with Crippen molar-refractivity contribution in [3.63, 3.8) is 0 Å².